The molecule has 1 aliphatic rings. The molecule has 0 saturated carbocycles. The lowest BCUT2D eigenvalue weighted by molar-refractivity contribution is 0.174. The molecule has 0 saturated heterocycles. The van der Waals surface area contributed by atoms with Crippen LogP contribution in [-0.4, -0.2) is 16.3 Å². The molecule has 0 N–H and O–H groups in total. The van der Waals surface area contributed by atoms with Gasteiger partial charge in [-0.05, 0) is 17.7 Å². The third-order valence-electron chi connectivity index (χ3n) is 4.21. The molecule has 5 nitrogen and oxygen atoms in total. The zero-order valence-corrected chi connectivity index (χ0v) is 13.6. The predicted molar refractivity (Wildman–Crippen MR) is 90.2 cm³/mol. The van der Waals surface area contributed by atoms with Crippen LogP contribution in [0.5, 0.6) is 11.5 Å². The van der Waals surface area contributed by atoms with E-state index in [1.807, 2.05) is 36.4 Å². The first-order valence-electron chi connectivity index (χ1n) is 7.94. The summed E-state index contributed by atoms with van der Waals surface area (Å²) >= 11 is 0. The highest BCUT2D eigenvalue weighted by Gasteiger charge is 2.20. The van der Waals surface area contributed by atoms with Crippen LogP contribution in [0.3, 0.4) is 0 Å². The number of nitriles is 1. The molecule has 24 heavy (non-hydrogen) atoms. The maximum atomic E-state index is 8.94. The van der Waals surface area contributed by atoms with Gasteiger partial charge >= 0.3 is 0 Å². The molecule has 5 heteroatoms. The number of aromatic nitrogens is 2. The van der Waals surface area contributed by atoms with Crippen molar-refractivity contribution in [1.82, 2.24) is 9.55 Å². The van der Waals surface area contributed by atoms with Crippen molar-refractivity contribution in [2.75, 3.05) is 6.79 Å². The van der Waals surface area contributed by atoms with Gasteiger partial charge in [-0.25, -0.2) is 4.98 Å². The van der Waals surface area contributed by atoms with E-state index in [1.54, 1.807) is 0 Å². The lowest BCUT2D eigenvalue weighted by Crippen LogP contribution is -2.06. The number of hydrogen-bond donors (Lipinski definition) is 0. The van der Waals surface area contributed by atoms with E-state index < -0.39 is 0 Å². The van der Waals surface area contributed by atoms with E-state index in [1.165, 1.54) is 0 Å². The fourth-order valence-electron chi connectivity index (χ4n) is 3.01. The Morgan fingerprint density at radius 2 is 1.88 bits per heavy atom. The van der Waals surface area contributed by atoms with Gasteiger partial charge in [-0.2, -0.15) is 5.26 Å². The van der Waals surface area contributed by atoms with Crippen LogP contribution < -0.4 is 9.47 Å². The minimum absolute atomic E-state index is 0.259. The Labute approximate surface area is 140 Å². The van der Waals surface area contributed by atoms with Crippen LogP contribution in [0, 0.1) is 11.3 Å². The molecule has 4 rings (SSSR count). The van der Waals surface area contributed by atoms with Crippen LogP contribution in [-0.2, 0) is 6.54 Å². The number of rotatable bonds is 3. The van der Waals surface area contributed by atoms with Crippen molar-refractivity contribution in [2.45, 2.75) is 26.3 Å². The molecule has 0 atom stereocenters. The van der Waals surface area contributed by atoms with E-state index in [2.05, 4.69) is 24.5 Å². The molecule has 2 aromatic carbocycles. The highest BCUT2D eigenvalue weighted by Crippen LogP contribution is 2.37. The Morgan fingerprint density at radius 3 is 2.54 bits per heavy atom. The van der Waals surface area contributed by atoms with Gasteiger partial charge in [0.2, 0.25) is 6.79 Å². The summed E-state index contributed by atoms with van der Waals surface area (Å²) in [6.07, 6.45) is 0. The summed E-state index contributed by atoms with van der Waals surface area (Å²) in [5.41, 5.74) is 3.75. The number of imidazole rings is 1. The number of fused-ring (bicyclic) bond motifs is 2. The molecule has 1 aromatic heterocycles. The molecule has 0 amide bonds. The van der Waals surface area contributed by atoms with Gasteiger partial charge < -0.3 is 14.0 Å². The quantitative estimate of drug-likeness (QED) is 0.736. The lowest BCUT2D eigenvalue weighted by Gasteiger charge is -2.12. The first-order valence-corrected chi connectivity index (χ1v) is 7.94. The fraction of sp³-hybridized carbons (Fsp3) is 0.263. The molecule has 0 radical (unpaired) electrons. The van der Waals surface area contributed by atoms with Crippen molar-refractivity contribution in [3.8, 4) is 17.6 Å². The average Bonchev–Trinajstić information content (AvgIpc) is 3.18. The largest absolute Gasteiger partial charge is 0.454 e. The van der Waals surface area contributed by atoms with Gasteiger partial charge in [0.15, 0.2) is 11.5 Å². The number of ether oxygens (including phenoxy) is 2. The van der Waals surface area contributed by atoms with E-state index in [0.29, 0.717) is 18.0 Å². The third-order valence-corrected chi connectivity index (χ3v) is 4.21. The average molecular weight is 319 g/mol. The van der Waals surface area contributed by atoms with Gasteiger partial charge in [0.1, 0.15) is 5.82 Å². The molecule has 0 aliphatic carbocycles. The van der Waals surface area contributed by atoms with Crippen molar-refractivity contribution in [1.29, 1.82) is 5.26 Å². The molecule has 1 aliphatic heterocycles. The minimum atomic E-state index is 0.259. The van der Waals surface area contributed by atoms with Gasteiger partial charge in [-0.3, -0.25) is 0 Å². The standard InChI is InChI=1S/C19H17N3O2/c1-12(2)19-21-15-7-17-18(24-11-23-17)8-16(15)22(19)10-14-5-3-13(9-20)4-6-14/h3-8,12H,10-11H2,1-2H3. The molecule has 3 aromatic rings. The first-order chi connectivity index (χ1) is 11.7. The van der Waals surface area contributed by atoms with Crippen molar-refractivity contribution in [2.24, 2.45) is 0 Å². The fourth-order valence-corrected chi connectivity index (χ4v) is 3.01. The number of hydrogen-bond acceptors (Lipinski definition) is 4. The predicted octanol–water partition coefficient (Wildman–Crippen LogP) is 3.81. The van der Waals surface area contributed by atoms with Crippen LogP contribution in [0.4, 0.5) is 0 Å². The van der Waals surface area contributed by atoms with Crippen molar-refractivity contribution < 1.29 is 9.47 Å². The van der Waals surface area contributed by atoms with Gasteiger partial charge in [0.05, 0.1) is 22.7 Å². The van der Waals surface area contributed by atoms with Crippen molar-refractivity contribution >= 4 is 11.0 Å². The maximum Gasteiger partial charge on any atom is 0.231 e. The third kappa shape index (κ3) is 2.37. The van der Waals surface area contributed by atoms with Crippen molar-refractivity contribution in [3.63, 3.8) is 0 Å². The van der Waals surface area contributed by atoms with Gasteiger partial charge in [0.25, 0.3) is 0 Å². The second kappa shape index (κ2) is 5.57. The Balaban J connectivity index is 1.82. The van der Waals surface area contributed by atoms with Crippen LogP contribution >= 0.6 is 0 Å². The lowest BCUT2D eigenvalue weighted by atomic mass is 10.1. The normalized spacial score (nSPS) is 12.8. The van der Waals surface area contributed by atoms with E-state index in [9.17, 15) is 0 Å². The minimum Gasteiger partial charge on any atom is -0.454 e. The molecule has 120 valence electrons. The summed E-state index contributed by atoms with van der Waals surface area (Å²) in [5, 5.41) is 8.94. The molecular weight excluding hydrogens is 302 g/mol. The molecule has 0 unspecified atom stereocenters. The zero-order valence-electron chi connectivity index (χ0n) is 13.6. The van der Waals surface area contributed by atoms with Crippen molar-refractivity contribution in [3.05, 3.63) is 53.3 Å². The Kier molecular flexibility index (Phi) is 3.39. The van der Waals surface area contributed by atoms with Crippen LogP contribution in [0.25, 0.3) is 11.0 Å². The summed E-state index contributed by atoms with van der Waals surface area (Å²) in [6.45, 7) is 5.23. The van der Waals surface area contributed by atoms with Crippen LogP contribution in [0.1, 0.15) is 36.7 Å². The molecule has 0 bridgehead atoms. The Morgan fingerprint density at radius 1 is 1.17 bits per heavy atom. The zero-order chi connectivity index (χ0) is 16.7. The molecule has 0 spiro atoms. The SMILES string of the molecule is CC(C)c1nc2cc3c(cc2n1Cc1ccc(C#N)cc1)OCO3. The highest BCUT2D eigenvalue weighted by molar-refractivity contribution is 5.81. The monoisotopic (exact) mass is 319 g/mol. The van der Waals surface area contributed by atoms with E-state index in [0.717, 1.165) is 33.9 Å². The highest BCUT2D eigenvalue weighted by atomic mass is 16.7. The summed E-state index contributed by atoms with van der Waals surface area (Å²) in [5.74, 6) is 2.84. The topological polar surface area (TPSA) is 60.1 Å². The van der Waals surface area contributed by atoms with E-state index >= 15 is 0 Å². The molecular formula is C19H17N3O2. The van der Waals surface area contributed by atoms with E-state index in [4.69, 9.17) is 19.7 Å². The molecule has 2 heterocycles. The summed E-state index contributed by atoms with van der Waals surface area (Å²) < 4.78 is 13.2. The second-order valence-corrected chi connectivity index (χ2v) is 6.21. The molecule has 0 fully saturated rings. The first kappa shape index (κ1) is 14.6. The Hall–Kier alpha value is -3.00. The van der Waals surface area contributed by atoms with Gasteiger partial charge in [-0.15, -0.1) is 0 Å². The maximum absolute atomic E-state index is 8.94. The summed E-state index contributed by atoms with van der Waals surface area (Å²) in [7, 11) is 0. The Bertz CT molecular complexity index is 949. The number of nitrogens with zero attached hydrogens (tertiary/aromatic N) is 3. The summed E-state index contributed by atoms with van der Waals surface area (Å²) in [4.78, 5) is 4.79. The van der Waals surface area contributed by atoms with Gasteiger partial charge in [0, 0.05) is 24.6 Å². The number of benzene rings is 2. The van der Waals surface area contributed by atoms with Crippen LogP contribution in [0.2, 0.25) is 0 Å². The van der Waals surface area contributed by atoms with E-state index in [-0.39, 0.29) is 6.79 Å². The van der Waals surface area contributed by atoms with Crippen LogP contribution in [0.15, 0.2) is 36.4 Å². The smallest absolute Gasteiger partial charge is 0.231 e. The van der Waals surface area contributed by atoms with Gasteiger partial charge in [-0.1, -0.05) is 26.0 Å². The summed E-state index contributed by atoms with van der Waals surface area (Å²) in [6, 6.07) is 13.8. The second-order valence-electron chi connectivity index (χ2n) is 6.21.